The van der Waals surface area contributed by atoms with E-state index in [1.807, 2.05) is 19.1 Å². The van der Waals surface area contributed by atoms with Gasteiger partial charge in [0.2, 0.25) is 0 Å². The van der Waals surface area contributed by atoms with Crippen LogP contribution in [0.5, 0.6) is 5.75 Å². The lowest BCUT2D eigenvalue weighted by molar-refractivity contribution is 0.0997. The average molecular weight is 263 g/mol. The third-order valence-corrected chi connectivity index (χ3v) is 4.12. The molecule has 3 N–H and O–H groups in total. The molecule has 3 heteroatoms. The Balaban J connectivity index is 1.90. The summed E-state index contributed by atoms with van der Waals surface area (Å²) in [5.41, 5.74) is 2.12. The van der Waals surface area contributed by atoms with Gasteiger partial charge in [-0.3, -0.25) is 0 Å². The number of phenolic OH excluding ortho intramolecular Hbond substituents is 1. The van der Waals surface area contributed by atoms with E-state index in [-0.39, 0.29) is 12.1 Å². The predicted molar refractivity (Wildman–Crippen MR) is 77.2 cm³/mol. The summed E-state index contributed by atoms with van der Waals surface area (Å²) in [6.45, 7) is 5.02. The molecule has 3 atom stereocenters. The Morgan fingerprint density at radius 1 is 1.37 bits per heavy atom. The van der Waals surface area contributed by atoms with Crippen LogP contribution in [0.1, 0.15) is 49.8 Å². The van der Waals surface area contributed by atoms with Gasteiger partial charge in [-0.25, -0.2) is 0 Å². The molecule has 1 aliphatic carbocycles. The smallest absolute Gasteiger partial charge is 0.120 e. The second kappa shape index (κ2) is 6.40. The van der Waals surface area contributed by atoms with Crippen LogP contribution in [0.25, 0.3) is 0 Å². The molecule has 0 bridgehead atoms. The van der Waals surface area contributed by atoms with E-state index in [0.717, 1.165) is 36.9 Å². The molecule has 0 aromatic heterocycles. The lowest BCUT2D eigenvalue weighted by Gasteiger charge is -2.27. The molecule has 0 radical (unpaired) electrons. The van der Waals surface area contributed by atoms with Crippen LogP contribution in [-0.4, -0.2) is 22.9 Å². The summed E-state index contributed by atoms with van der Waals surface area (Å²) in [7, 11) is 0. The van der Waals surface area contributed by atoms with Crippen molar-refractivity contribution < 1.29 is 10.2 Å². The van der Waals surface area contributed by atoms with Gasteiger partial charge in [-0.05, 0) is 51.6 Å². The number of hydrogen-bond donors (Lipinski definition) is 3. The summed E-state index contributed by atoms with van der Waals surface area (Å²) in [5.74, 6) is 0.910. The van der Waals surface area contributed by atoms with Crippen molar-refractivity contribution in [2.24, 2.45) is 5.92 Å². The fourth-order valence-electron chi connectivity index (χ4n) is 2.92. The largest absolute Gasteiger partial charge is 0.508 e. The Hall–Kier alpha value is -1.06. The summed E-state index contributed by atoms with van der Waals surface area (Å²) < 4.78 is 0. The molecule has 0 spiro atoms. The zero-order valence-electron chi connectivity index (χ0n) is 11.9. The quantitative estimate of drug-likeness (QED) is 0.783. The van der Waals surface area contributed by atoms with E-state index in [1.165, 1.54) is 6.42 Å². The Morgan fingerprint density at radius 3 is 2.89 bits per heavy atom. The van der Waals surface area contributed by atoms with E-state index in [1.54, 1.807) is 6.07 Å². The minimum absolute atomic E-state index is 0.122. The van der Waals surface area contributed by atoms with Crippen LogP contribution in [0.3, 0.4) is 0 Å². The van der Waals surface area contributed by atoms with Crippen molar-refractivity contribution in [1.82, 2.24) is 5.32 Å². The van der Waals surface area contributed by atoms with Crippen LogP contribution in [-0.2, 0) is 0 Å². The highest BCUT2D eigenvalue weighted by Crippen LogP contribution is 2.27. The highest BCUT2D eigenvalue weighted by molar-refractivity contribution is 5.37. The number of benzene rings is 1. The third-order valence-electron chi connectivity index (χ3n) is 4.12. The minimum Gasteiger partial charge on any atom is -0.508 e. The molecule has 1 aliphatic rings. The molecule has 19 heavy (non-hydrogen) atoms. The summed E-state index contributed by atoms with van der Waals surface area (Å²) in [4.78, 5) is 0. The van der Waals surface area contributed by atoms with Crippen LogP contribution < -0.4 is 5.32 Å². The van der Waals surface area contributed by atoms with Gasteiger partial charge in [-0.15, -0.1) is 0 Å². The number of aromatic hydroxyl groups is 1. The van der Waals surface area contributed by atoms with Crippen molar-refractivity contribution in [2.45, 2.75) is 51.7 Å². The van der Waals surface area contributed by atoms with Gasteiger partial charge in [0.1, 0.15) is 5.75 Å². The van der Waals surface area contributed by atoms with Gasteiger partial charge in [0.15, 0.2) is 0 Å². The van der Waals surface area contributed by atoms with Crippen LogP contribution in [0.4, 0.5) is 0 Å². The maximum absolute atomic E-state index is 9.90. The van der Waals surface area contributed by atoms with E-state index in [2.05, 4.69) is 12.2 Å². The van der Waals surface area contributed by atoms with Crippen molar-refractivity contribution in [2.75, 3.05) is 6.54 Å². The first-order valence-corrected chi connectivity index (χ1v) is 7.27. The predicted octanol–water partition coefficient (Wildman–Crippen LogP) is 2.90. The zero-order valence-corrected chi connectivity index (χ0v) is 11.9. The number of aliphatic hydroxyl groups is 1. The second-order valence-corrected chi connectivity index (χ2v) is 5.88. The van der Waals surface area contributed by atoms with E-state index >= 15 is 0 Å². The molecule has 3 nitrogen and oxygen atoms in total. The van der Waals surface area contributed by atoms with E-state index in [4.69, 9.17) is 0 Å². The molecule has 1 aromatic rings. The fourth-order valence-corrected chi connectivity index (χ4v) is 2.92. The molecule has 1 fully saturated rings. The van der Waals surface area contributed by atoms with Crippen molar-refractivity contribution in [1.29, 1.82) is 0 Å². The Labute approximate surface area is 115 Å². The number of phenols is 1. The molecule has 0 amide bonds. The van der Waals surface area contributed by atoms with Crippen LogP contribution in [0, 0.1) is 12.8 Å². The minimum atomic E-state index is -0.122. The van der Waals surface area contributed by atoms with Crippen molar-refractivity contribution in [3.05, 3.63) is 29.3 Å². The second-order valence-electron chi connectivity index (χ2n) is 5.88. The highest BCUT2D eigenvalue weighted by atomic mass is 16.3. The van der Waals surface area contributed by atoms with Crippen molar-refractivity contribution in [3.8, 4) is 5.75 Å². The first kappa shape index (κ1) is 14.4. The molecule has 0 heterocycles. The number of aryl methyl sites for hydroxylation is 1. The average Bonchev–Trinajstić information content (AvgIpc) is 2.39. The van der Waals surface area contributed by atoms with Crippen molar-refractivity contribution in [3.63, 3.8) is 0 Å². The van der Waals surface area contributed by atoms with Gasteiger partial charge in [0.25, 0.3) is 0 Å². The Morgan fingerprint density at radius 2 is 2.16 bits per heavy atom. The maximum Gasteiger partial charge on any atom is 0.120 e. The van der Waals surface area contributed by atoms with Gasteiger partial charge in [0.05, 0.1) is 6.10 Å². The first-order valence-electron chi connectivity index (χ1n) is 7.27. The van der Waals surface area contributed by atoms with Gasteiger partial charge in [0, 0.05) is 11.6 Å². The molecule has 3 unspecified atom stereocenters. The molecular weight excluding hydrogens is 238 g/mol. The van der Waals surface area contributed by atoms with Gasteiger partial charge >= 0.3 is 0 Å². The summed E-state index contributed by atoms with van der Waals surface area (Å²) >= 11 is 0. The topological polar surface area (TPSA) is 52.5 Å². The summed E-state index contributed by atoms with van der Waals surface area (Å²) in [6.07, 6.45) is 4.04. The van der Waals surface area contributed by atoms with E-state index in [9.17, 15) is 10.2 Å². The van der Waals surface area contributed by atoms with E-state index < -0.39 is 0 Å². The number of rotatable bonds is 4. The lowest BCUT2D eigenvalue weighted by atomic mass is 9.87. The molecule has 106 valence electrons. The molecule has 0 saturated heterocycles. The zero-order chi connectivity index (χ0) is 13.8. The standard InChI is InChI=1S/C16H25NO2/c1-11-6-7-16(19)15(8-11)12(2)17-10-13-4-3-5-14(18)9-13/h6-8,12-14,17-19H,3-5,9-10H2,1-2H3. The van der Waals surface area contributed by atoms with E-state index in [0.29, 0.717) is 11.7 Å². The number of nitrogens with one attached hydrogen (secondary N) is 1. The lowest BCUT2D eigenvalue weighted by Crippen LogP contribution is -2.30. The van der Waals surface area contributed by atoms with Crippen molar-refractivity contribution >= 4 is 0 Å². The number of aliphatic hydroxyl groups excluding tert-OH is 1. The summed E-state index contributed by atoms with van der Waals surface area (Å²) in [6, 6.07) is 5.85. The molecule has 0 aliphatic heterocycles. The molecule has 1 saturated carbocycles. The van der Waals surface area contributed by atoms with Crippen LogP contribution in [0.2, 0.25) is 0 Å². The van der Waals surface area contributed by atoms with Crippen LogP contribution >= 0.6 is 0 Å². The number of hydrogen-bond acceptors (Lipinski definition) is 3. The SMILES string of the molecule is Cc1ccc(O)c(C(C)NCC2CCCC(O)C2)c1. The molecule has 1 aromatic carbocycles. The normalized spacial score (nSPS) is 25.2. The maximum atomic E-state index is 9.90. The Bertz CT molecular complexity index is 419. The summed E-state index contributed by atoms with van der Waals surface area (Å²) in [5, 5.41) is 23.1. The highest BCUT2D eigenvalue weighted by Gasteiger charge is 2.21. The van der Waals surface area contributed by atoms with Crippen LogP contribution in [0.15, 0.2) is 18.2 Å². The van der Waals surface area contributed by atoms with Gasteiger partial charge < -0.3 is 15.5 Å². The monoisotopic (exact) mass is 263 g/mol. The fraction of sp³-hybridized carbons (Fsp3) is 0.625. The molecule has 2 rings (SSSR count). The third kappa shape index (κ3) is 3.95. The Kier molecular flexibility index (Phi) is 4.83. The first-order chi connectivity index (χ1) is 9.06. The van der Waals surface area contributed by atoms with Gasteiger partial charge in [-0.1, -0.05) is 24.1 Å². The molecular formula is C16H25NO2. The van der Waals surface area contributed by atoms with Gasteiger partial charge in [-0.2, -0.15) is 0 Å².